The third-order valence-corrected chi connectivity index (χ3v) is 1.08. The van der Waals surface area contributed by atoms with Crippen molar-refractivity contribution < 1.29 is 9.44 Å². The second-order valence-corrected chi connectivity index (χ2v) is 1.67. The molecule has 1 heterocycles. The molecule has 1 nitrogen and oxygen atoms in total. The average molecular weight is 106 g/mol. The summed E-state index contributed by atoms with van der Waals surface area (Å²) in [7, 11) is 0. The monoisotopic (exact) mass is 106 g/mol. The molecule has 0 radical (unpaired) electrons. The fourth-order valence-electron chi connectivity index (χ4n) is 0.687. The van der Waals surface area contributed by atoms with E-state index in [1.165, 1.54) is 19.3 Å². The van der Waals surface area contributed by atoms with E-state index in [0.29, 0.717) is 0 Å². The van der Waals surface area contributed by atoms with Crippen LogP contribution in [0.1, 0.15) is 19.3 Å². The second kappa shape index (κ2) is 4.06. The van der Waals surface area contributed by atoms with Crippen LogP contribution >= 0.6 is 0 Å². The average Bonchev–Trinajstić information content (AvgIpc) is 1.72. The molecule has 0 atom stereocenters. The number of ether oxygens (including phenoxy) is 1. The quantitative estimate of drug-likeness (QED) is 0.452. The van der Waals surface area contributed by atoms with Gasteiger partial charge in [0.05, 0.1) is 0 Å². The van der Waals surface area contributed by atoms with Crippen LogP contribution in [0.25, 0.3) is 0 Å². The summed E-state index contributed by atoms with van der Waals surface area (Å²) in [6, 6.07) is 0. The molecule has 0 aromatic heterocycles. The minimum Gasteiger partial charge on any atom is -0.381 e. The van der Waals surface area contributed by atoms with Crippen molar-refractivity contribution in [2.45, 2.75) is 19.3 Å². The molecular formula is C5H11FO. The van der Waals surface area contributed by atoms with Crippen molar-refractivity contribution in [2.75, 3.05) is 13.2 Å². The molecule has 2 heteroatoms. The Labute approximate surface area is 43.0 Å². The SMILES string of the molecule is C1CCOCC1.F. The molecule has 1 saturated heterocycles. The highest BCUT2D eigenvalue weighted by Crippen LogP contribution is 2.01. The van der Waals surface area contributed by atoms with Crippen molar-refractivity contribution in [1.29, 1.82) is 0 Å². The van der Waals surface area contributed by atoms with Crippen molar-refractivity contribution in [3.63, 3.8) is 0 Å². The van der Waals surface area contributed by atoms with Gasteiger partial charge in [0, 0.05) is 13.2 Å². The zero-order valence-electron chi connectivity index (χ0n) is 4.35. The Bertz CT molecular complexity index is 23.6. The minimum atomic E-state index is 0. The molecule has 0 spiro atoms. The van der Waals surface area contributed by atoms with E-state index < -0.39 is 0 Å². The van der Waals surface area contributed by atoms with Gasteiger partial charge in [-0.3, -0.25) is 4.70 Å². The molecule has 0 amide bonds. The first-order valence-electron chi connectivity index (χ1n) is 2.58. The van der Waals surface area contributed by atoms with Crippen LogP contribution in [-0.4, -0.2) is 13.2 Å². The number of hydrogen-bond acceptors (Lipinski definition) is 1. The maximum atomic E-state index is 5.07. The lowest BCUT2D eigenvalue weighted by atomic mass is 10.2. The zero-order chi connectivity index (χ0) is 4.24. The highest BCUT2D eigenvalue weighted by atomic mass is 19.0. The van der Waals surface area contributed by atoms with Gasteiger partial charge in [-0.2, -0.15) is 0 Å². The molecule has 1 fully saturated rings. The molecule has 0 bridgehead atoms. The van der Waals surface area contributed by atoms with Gasteiger partial charge < -0.3 is 4.74 Å². The van der Waals surface area contributed by atoms with Gasteiger partial charge in [0.2, 0.25) is 0 Å². The largest absolute Gasteiger partial charge is 0.381 e. The van der Waals surface area contributed by atoms with Crippen LogP contribution in [0.5, 0.6) is 0 Å². The van der Waals surface area contributed by atoms with Crippen LogP contribution in [0, 0.1) is 0 Å². The minimum absolute atomic E-state index is 0. The second-order valence-electron chi connectivity index (χ2n) is 1.67. The summed E-state index contributed by atoms with van der Waals surface area (Å²) >= 11 is 0. The normalized spacial score (nSPS) is 20.6. The summed E-state index contributed by atoms with van der Waals surface area (Å²) in [4.78, 5) is 0. The van der Waals surface area contributed by atoms with E-state index in [1.807, 2.05) is 0 Å². The molecule has 0 saturated carbocycles. The topological polar surface area (TPSA) is 9.23 Å². The Morgan fingerprint density at radius 1 is 0.857 bits per heavy atom. The number of halogens is 1. The third-order valence-electron chi connectivity index (χ3n) is 1.08. The molecule has 0 aromatic carbocycles. The van der Waals surface area contributed by atoms with E-state index in [0.717, 1.165) is 13.2 Å². The highest BCUT2D eigenvalue weighted by molar-refractivity contribution is 4.45. The molecule has 1 aliphatic rings. The standard InChI is InChI=1S/C5H10O.FH/c1-2-4-6-5-3-1;/h1-5H2;1H. The summed E-state index contributed by atoms with van der Waals surface area (Å²) in [5.74, 6) is 0. The van der Waals surface area contributed by atoms with E-state index >= 15 is 0 Å². The maximum Gasteiger partial charge on any atom is 0.0466 e. The third kappa shape index (κ3) is 2.57. The fraction of sp³-hybridized carbons (Fsp3) is 1.00. The Kier molecular flexibility index (Phi) is 4.00. The van der Waals surface area contributed by atoms with E-state index in [2.05, 4.69) is 0 Å². The van der Waals surface area contributed by atoms with Crippen molar-refractivity contribution in [1.82, 2.24) is 0 Å². The van der Waals surface area contributed by atoms with Gasteiger partial charge in [-0.1, -0.05) is 0 Å². The van der Waals surface area contributed by atoms with Gasteiger partial charge in [-0.15, -0.1) is 0 Å². The van der Waals surface area contributed by atoms with Crippen LogP contribution < -0.4 is 0 Å². The van der Waals surface area contributed by atoms with Crippen LogP contribution in [0.3, 0.4) is 0 Å². The van der Waals surface area contributed by atoms with Gasteiger partial charge >= 0.3 is 0 Å². The first-order valence-corrected chi connectivity index (χ1v) is 2.58. The molecule has 0 aromatic rings. The van der Waals surface area contributed by atoms with E-state index in [9.17, 15) is 0 Å². The van der Waals surface area contributed by atoms with Crippen molar-refractivity contribution >= 4 is 0 Å². The number of rotatable bonds is 0. The Hall–Kier alpha value is -0.110. The molecule has 0 N–H and O–H groups in total. The van der Waals surface area contributed by atoms with E-state index in [-0.39, 0.29) is 4.70 Å². The summed E-state index contributed by atoms with van der Waals surface area (Å²) in [6.07, 6.45) is 3.93. The lowest BCUT2D eigenvalue weighted by Gasteiger charge is -2.08. The highest BCUT2D eigenvalue weighted by Gasteiger charge is 1.94. The summed E-state index contributed by atoms with van der Waals surface area (Å²) in [5, 5.41) is 0. The predicted molar refractivity (Wildman–Crippen MR) is 27.2 cm³/mol. The first-order chi connectivity index (χ1) is 3.00. The Morgan fingerprint density at radius 3 is 1.57 bits per heavy atom. The Balaban J connectivity index is 0.000000360. The van der Waals surface area contributed by atoms with Gasteiger partial charge in [-0.25, -0.2) is 0 Å². The van der Waals surface area contributed by atoms with Crippen LogP contribution in [-0.2, 0) is 4.74 Å². The summed E-state index contributed by atoms with van der Waals surface area (Å²) in [6.45, 7) is 2.00. The molecule has 44 valence electrons. The lowest BCUT2D eigenvalue weighted by molar-refractivity contribution is 0.0968. The molecular weight excluding hydrogens is 95.1 g/mol. The van der Waals surface area contributed by atoms with E-state index in [4.69, 9.17) is 4.74 Å². The zero-order valence-corrected chi connectivity index (χ0v) is 4.35. The van der Waals surface area contributed by atoms with Crippen molar-refractivity contribution in [3.8, 4) is 0 Å². The first kappa shape index (κ1) is 6.89. The fourth-order valence-corrected chi connectivity index (χ4v) is 0.687. The van der Waals surface area contributed by atoms with Gasteiger partial charge in [0.25, 0.3) is 0 Å². The molecule has 1 rings (SSSR count). The van der Waals surface area contributed by atoms with Crippen molar-refractivity contribution in [2.24, 2.45) is 0 Å². The van der Waals surface area contributed by atoms with Gasteiger partial charge in [0.15, 0.2) is 0 Å². The predicted octanol–water partition coefficient (Wildman–Crippen LogP) is 1.34. The van der Waals surface area contributed by atoms with Gasteiger partial charge in [0.1, 0.15) is 0 Å². The van der Waals surface area contributed by atoms with Crippen LogP contribution in [0.4, 0.5) is 4.70 Å². The maximum absolute atomic E-state index is 5.07. The van der Waals surface area contributed by atoms with Gasteiger partial charge in [-0.05, 0) is 19.3 Å². The summed E-state index contributed by atoms with van der Waals surface area (Å²) in [5.41, 5.74) is 0. The van der Waals surface area contributed by atoms with Crippen LogP contribution in [0.2, 0.25) is 0 Å². The Morgan fingerprint density at radius 2 is 1.43 bits per heavy atom. The number of hydrogen-bond donors (Lipinski definition) is 0. The molecule has 1 aliphatic heterocycles. The van der Waals surface area contributed by atoms with Crippen LogP contribution in [0.15, 0.2) is 0 Å². The lowest BCUT2D eigenvalue weighted by Crippen LogP contribution is -2.03. The molecule has 0 unspecified atom stereocenters. The van der Waals surface area contributed by atoms with Crippen molar-refractivity contribution in [3.05, 3.63) is 0 Å². The van der Waals surface area contributed by atoms with E-state index in [1.54, 1.807) is 0 Å². The smallest absolute Gasteiger partial charge is 0.0466 e. The summed E-state index contributed by atoms with van der Waals surface area (Å²) < 4.78 is 5.07. The molecule has 7 heavy (non-hydrogen) atoms. The molecule has 0 aliphatic carbocycles.